The van der Waals surface area contributed by atoms with Gasteiger partial charge < -0.3 is 64.8 Å². The second kappa shape index (κ2) is 30.6. The van der Waals surface area contributed by atoms with Crippen LogP contribution in [0.4, 0.5) is 30.6 Å². The number of phosphoric acid groups is 1. The second-order valence-corrected chi connectivity index (χ2v) is 26.5. The third kappa shape index (κ3) is 17.4. The Morgan fingerprint density at radius 2 is 1.29 bits per heavy atom. The maximum atomic E-state index is 14.7. The van der Waals surface area contributed by atoms with E-state index >= 15 is 0 Å². The first kappa shape index (κ1) is 69.9. The highest BCUT2D eigenvalue weighted by Gasteiger charge is 2.40. The molecule has 5 aromatic carbocycles. The molecule has 28 heteroatoms. The molecule has 2 aliphatic rings. The van der Waals surface area contributed by atoms with Crippen LogP contribution in [0.25, 0.3) is 21.5 Å². The molecule has 0 aliphatic carbocycles. The van der Waals surface area contributed by atoms with Crippen molar-refractivity contribution in [3.05, 3.63) is 129 Å². The summed E-state index contributed by atoms with van der Waals surface area (Å²) in [7, 11) is -2.01. The topological polar surface area (TPSA) is 315 Å². The van der Waals surface area contributed by atoms with E-state index in [0.717, 1.165) is 22.5 Å². The zero-order valence-electron chi connectivity index (χ0n) is 51.9. The zero-order chi connectivity index (χ0) is 66.8. The van der Waals surface area contributed by atoms with E-state index in [1.165, 1.54) is 34.9 Å². The molecule has 1 aromatic heterocycles. The molecule has 24 nitrogen and oxygen atoms in total. The van der Waals surface area contributed by atoms with Gasteiger partial charge in [0, 0.05) is 106 Å². The normalized spacial score (nSPS) is 15.1. The number of alkyl carbamates (subject to hydrolysis) is 1. The molecular weight excluding hydrogens is 1270 g/mol. The number of ketones is 1. The Hall–Kier alpha value is -8.03. The van der Waals surface area contributed by atoms with E-state index in [1.807, 2.05) is 12.1 Å². The number of alkyl halides is 2. The molecule has 92 heavy (non-hydrogen) atoms. The molecule has 0 unspecified atom stereocenters. The summed E-state index contributed by atoms with van der Waals surface area (Å²) >= 11 is 14.1. The lowest BCUT2D eigenvalue weighted by molar-refractivity contribution is -0.129. The van der Waals surface area contributed by atoms with E-state index in [2.05, 4.69) is 16.0 Å². The number of likely N-dealkylation sites (N-methyl/N-ethyl adjacent to an activating group) is 1. The van der Waals surface area contributed by atoms with E-state index in [1.54, 1.807) is 118 Å². The van der Waals surface area contributed by atoms with Crippen LogP contribution in [-0.2, 0) is 41.4 Å². The fourth-order valence-corrected chi connectivity index (χ4v) is 12.8. The van der Waals surface area contributed by atoms with E-state index < -0.39 is 67.5 Å². The Kier molecular flexibility index (Phi) is 23.2. The summed E-state index contributed by atoms with van der Waals surface area (Å²) in [5.41, 5.74) is 7.93. The lowest BCUT2D eigenvalue weighted by Gasteiger charge is -2.27. The molecule has 7 N–H and O–H groups in total. The Labute approximate surface area is 546 Å². The van der Waals surface area contributed by atoms with Crippen molar-refractivity contribution in [1.82, 2.24) is 25.8 Å². The number of benzene rings is 5. The number of fused-ring (bicyclic) bond motifs is 6. The van der Waals surface area contributed by atoms with Gasteiger partial charge in [0.2, 0.25) is 5.91 Å². The molecule has 0 fully saturated rings. The van der Waals surface area contributed by atoms with Gasteiger partial charge in [0.1, 0.15) is 29.7 Å². The van der Waals surface area contributed by atoms with Crippen LogP contribution in [0.1, 0.15) is 101 Å². The smallest absolute Gasteiger partial charge is 0.445 e. The summed E-state index contributed by atoms with van der Waals surface area (Å²) in [6, 6.07) is 24.4. The number of ether oxygens (including phenoxy) is 4. The minimum absolute atomic E-state index is 0.00623. The van der Waals surface area contributed by atoms with Gasteiger partial charge in [-0.15, -0.1) is 34.5 Å². The minimum Gasteiger partial charge on any atom is -0.445 e. The molecule has 4 atom stereocenters. The predicted molar refractivity (Wildman–Crippen MR) is 349 cm³/mol. The molecule has 3 heterocycles. The fourth-order valence-electron chi connectivity index (χ4n) is 11.0. The molecule has 0 saturated carbocycles. The number of nitrogens with one attached hydrogen (secondary N) is 3. The number of primary amides is 1. The molecular formula is C64H75Cl2N8O16PS. The van der Waals surface area contributed by atoms with Crippen LogP contribution in [-0.4, -0.2) is 157 Å². The van der Waals surface area contributed by atoms with Crippen molar-refractivity contribution < 1.29 is 76.2 Å². The standard InChI is InChI=1S/C64H75Cl2N8O16PS/c1-37(2)56(70-61(80)89-64(3,4)5)57(76)69-46(17-12-24-68-60(67)79)49(75)29-38-18-20-39(21-19-38)36-87-62(81)71(6)25-26-72(27-28-86-7)63(82)88-50-30-47-54(44-15-10-8-13-42(44)50)40(32-65)34-73(47)58(77)52-22-23-53(92-52)59(78)74-35-41(33-66)55-45-16-11-9-14-43(45)51(31-48(55)74)90-91(83,84)85/h8-11,13-16,18-23,30-31,37,40-41,46,56H,12,17,24-29,32-36H2,1-7H3,(H,69,76)(H,70,80)(H3,67,68,79)(H2,83,84,85)/t40-,41-,46+,56+/m1/s1. The minimum atomic E-state index is -5.01. The summed E-state index contributed by atoms with van der Waals surface area (Å²) in [5, 5.41) is 10.2. The van der Waals surface area contributed by atoms with Gasteiger partial charge in [-0.25, -0.2) is 23.7 Å². The Bertz CT molecular complexity index is 3790. The van der Waals surface area contributed by atoms with Gasteiger partial charge in [0.25, 0.3) is 11.8 Å². The number of hydrogen-bond acceptors (Lipinski definition) is 15. The Morgan fingerprint density at radius 1 is 0.750 bits per heavy atom. The van der Waals surface area contributed by atoms with Gasteiger partial charge in [-0.2, -0.15) is 0 Å². The second-order valence-electron chi connectivity index (χ2n) is 23.6. The van der Waals surface area contributed by atoms with Crippen LogP contribution >= 0.6 is 42.4 Å². The molecule has 8 rings (SSSR count). The van der Waals surface area contributed by atoms with Gasteiger partial charge in [0.05, 0.1) is 33.8 Å². The zero-order valence-corrected chi connectivity index (χ0v) is 55.1. The molecule has 0 bridgehead atoms. The van der Waals surface area contributed by atoms with Crippen molar-refractivity contribution in [1.29, 1.82) is 0 Å². The van der Waals surface area contributed by atoms with Gasteiger partial charge in [0.15, 0.2) is 5.78 Å². The first-order chi connectivity index (χ1) is 43.7. The van der Waals surface area contributed by atoms with Crippen molar-refractivity contribution in [2.24, 2.45) is 11.7 Å². The Balaban J connectivity index is 0.910. The molecule has 492 valence electrons. The highest BCUT2D eigenvalue weighted by Crippen LogP contribution is 2.50. The van der Waals surface area contributed by atoms with Crippen molar-refractivity contribution in [3.63, 3.8) is 0 Å². The summed E-state index contributed by atoms with van der Waals surface area (Å²) in [6.07, 6.45) is -1.86. The number of Topliss-reactive ketones (excluding diaryl/α,β-unsaturated/α-hetero) is 1. The average Bonchev–Trinajstić information content (AvgIpc) is 1.56. The van der Waals surface area contributed by atoms with Crippen molar-refractivity contribution in [3.8, 4) is 11.5 Å². The van der Waals surface area contributed by atoms with Crippen molar-refractivity contribution in [2.75, 3.05) is 81.6 Å². The summed E-state index contributed by atoms with van der Waals surface area (Å²) in [5.74, 6) is -2.52. The fraction of sp³-hybridized carbons (Fsp3) is 0.406. The monoisotopic (exact) mass is 1340 g/mol. The van der Waals surface area contributed by atoms with Crippen LogP contribution in [0, 0.1) is 5.92 Å². The Morgan fingerprint density at radius 3 is 1.82 bits per heavy atom. The van der Waals surface area contributed by atoms with Crippen LogP contribution in [0.2, 0.25) is 0 Å². The number of amides is 8. The number of carbonyl (C=O) groups excluding carboxylic acids is 8. The molecule has 2 aliphatic heterocycles. The largest absolute Gasteiger partial charge is 0.524 e. The highest BCUT2D eigenvalue weighted by atomic mass is 35.5. The number of anilines is 2. The maximum Gasteiger partial charge on any atom is 0.524 e. The number of thiophene rings is 1. The number of phosphoric ester groups is 1. The van der Waals surface area contributed by atoms with E-state index in [-0.39, 0.29) is 122 Å². The number of nitrogens with zero attached hydrogens (tertiary/aromatic N) is 4. The number of hydrogen-bond donors (Lipinski definition) is 6. The average molecular weight is 1350 g/mol. The van der Waals surface area contributed by atoms with E-state index in [0.29, 0.717) is 50.5 Å². The lowest BCUT2D eigenvalue weighted by Crippen LogP contribution is -2.54. The maximum absolute atomic E-state index is 14.7. The summed E-state index contributed by atoms with van der Waals surface area (Å²) < 4.78 is 39.7. The van der Waals surface area contributed by atoms with E-state index in [4.69, 9.17) is 52.4 Å². The number of methoxy groups -OCH3 is 1. The molecule has 6 aromatic rings. The molecule has 0 spiro atoms. The summed E-state index contributed by atoms with van der Waals surface area (Å²) in [6.45, 7) is 9.13. The highest BCUT2D eigenvalue weighted by molar-refractivity contribution is 7.46. The first-order valence-corrected chi connectivity index (χ1v) is 33.1. The lowest BCUT2D eigenvalue weighted by atomic mass is 9.95. The van der Waals surface area contributed by atoms with Gasteiger partial charge in [-0.1, -0.05) is 86.6 Å². The van der Waals surface area contributed by atoms with Crippen molar-refractivity contribution in [2.45, 2.75) is 90.0 Å². The van der Waals surface area contributed by atoms with Crippen LogP contribution in [0.15, 0.2) is 97.1 Å². The third-order valence-electron chi connectivity index (χ3n) is 15.5. The first-order valence-electron chi connectivity index (χ1n) is 29.7. The molecule has 0 radical (unpaired) electrons. The number of rotatable bonds is 26. The van der Waals surface area contributed by atoms with Crippen LogP contribution in [0.5, 0.6) is 11.5 Å². The number of urea groups is 1. The van der Waals surface area contributed by atoms with Gasteiger partial charge in [-0.3, -0.25) is 29.0 Å². The quantitative estimate of drug-likeness (QED) is 0.0167. The summed E-state index contributed by atoms with van der Waals surface area (Å²) in [4.78, 5) is 134. The number of carbonyl (C=O) groups is 8. The molecule has 8 amide bonds. The van der Waals surface area contributed by atoms with Crippen LogP contribution in [0.3, 0.4) is 0 Å². The van der Waals surface area contributed by atoms with Crippen molar-refractivity contribution >= 4 is 123 Å². The van der Waals surface area contributed by atoms with Crippen LogP contribution < -0.4 is 40.7 Å². The number of nitrogens with two attached hydrogens (primary N) is 1. The van der Waals surface area contributed by atoms with E-state index in [9.17, 15) is 52.7 Å². The number of halogens is 2. The van der Waals surface area contributed by atoms with Gasteiger partial charge in [-0.05, 0) is 84.7 Å². The molecule has 0 saturated heterocycles. The van der Waals surface area contributed by atoms with Gasteiger partial charge >= 0.3 is 32.1 Å². The third-order valence-corrected chi connectivity index (χ3v) is 17.7. The predicted octanol–water partition coefficient (Wildman–Crippen LogP) is 9.80. The SMILES string of the molecule is COCCN(CCN(C)C(=O)OCc1ccc(CC(=O)[C@H](CCCNC(N)=O)NC(=O)[C@@H](NC(=O)OC(C)(C)C)C(C)C)cc1)C(=O)Oc1cc2c(c3ccccc13)[C@H](CCl)CN2C(=O)c1ccc(C(=O)N2C[C@@H](CCl)c3c2cc(OP(=O)(O)O)c2ccccc32)s1.